The minimum atomic E-state index is -1.62. The van der Waals surface area contributed by atoms with Crippen molar-refractivity contribution in [3.63, 3.8) is 0 Å². The molecule has 0 saturated carbocycles. The summed E-state index contributed by atoms with van der Waals surface area (Å²) >= 11 is 14.8. The van der Waals surface area contributed by atoms with Gasteiger partial charge in [0.25, 0.3) is 0 Å². The summed E-state index contributed by atoms with van der Waals surface area (Å²) in [6.07, 6.45) is 0. The van der Waals surface area contributed by atoms with E-state index in [0.29, 0.717) is 48.5 Å². The molecule has 0 spiro atoms. The molecule has 0 bridgehead atoms. The van der Waals surface area contributed by atoms with E-state index in [4.69, 9.17) is 27.9 Å². The third kappa shape index (κ3) is 2.80. The summed E-state index contributed by atoms with van der Waals surface area (Å²) in [4.78, 5) is 0.696. The summed E-state index contributed by atoms with van der Waals surface area (Å²) in [6.45, 7) is 0. The van der Waals surface area contributed by atoms with Crippen LogP contribution in [0.15, 0.2) is 78.2 Å². The topological polar surface area (TPSA) is 49.7 Å². The molecular formula is C25H18Cl2O3S. The molecule has 0 aliphatic heterocycles. The van der Waals surface area contributed by atoms with E-state index < -0.39 is 11.2 Å². The first-order valence-electron chi connectivity index (χ1n) is 9.64. The van der Waals surface area contributed by atoms with Crippen LogP contribution in [0, 0.1) is 0 Å². The SMILES string of the molecule is COc1ccc([C@@]2(O)c3cccc(Cl)c3[C@@](O)(c3cccs3)c3cccc(Cl)c32)cc1. The zero-order valence-corrected chi connectivity index (χ0v) is 18.8. The maximum Gasteiger partial charge on any atom is 0.151 e. The maximum atomic E-state index is 12.4. The third-order valence-corrected chi connectivity index (χ3v) is 7.52. The summed E-state index contributed by atoms with van der Waals surface area (Å²) in [5.74, 6) is 0.670. The number of fused-ring (bicyclic) bond motifs is 2. The fourth-order valence-corrected chi connectivity index (χ4v) is 5.99. The largest absolute Gasteiger partial charge is 0.497 e. The minimum absolute atomic E-state index is 0.358. The third-order valence-electron chi connectivity index (χ3n) is 5.92. The lowest BCUT2D eigenvalue weighted by molar-refractivity contribution is 0.0768. The average Bonchev–Trinajstić information content (AvgIpc) is 3.33. The molecule has 4 aromatic rings. The second kappa shape index (κ2) is 7.37. The van der Waals surface area contributed by atoms with Gasteiger partial charge in [-0.2, -0.15) is 0 Å². The predicted molar refractivity (Wildman–Crippen MR) is 124 cm³/mol. The molecule has 3 nitrogen and oxygen atoms in total. The van der Waals surface area contributed by atoms with Gasteiger partial charge in [-0.05, 0) is 41.3 Å². The molecule has 2 atom stereocenters. The number of ether oxygens (including phenoxy) is 1. The van der Waals surface area contributed by atoms with Crippen LogP contribution in [0.1, 0.15) is 32.7 Å². The van der Waals surface area contributed by atoms with Gasteiger partial charge in [-0.25, -0.2) is 0 Å². The lowest BCUT2D eigenvalue weighted by Crippen LogP contribution is -2.44. The van der Waals surface area contributed by atoms with Gasteiger partial charge in [0.15, 0.2) is 5.60 Å². The van der Waals surface area contributed by atoms with E-state index in [1.165, 1.54) is 11.3 Å². The zero-order chi connectivity index (χ0) is 21.8. The summed E-state index contributed by atoms with van der Waals surface area (Å²) in [5.41, 5.74) is -0.702. The fourth-order valence-electron chi connectivity index (χ4n) is 4.53. The van der Waals surface area contributed by atoms with Crippen molar-refractivity contribution in [2.24, 2.45) is 0 Å². The van der Waals surface area contributed by atoms with E-state index in [2.05, 4.69) is 0 Å². The number of halogens is 2. The number of methoxy groups -OCH3 is 1. The van der Waals surface area contributed by atoms with E-state index in [1.807, 2.05) is 17.5 Å². The van der Waals surface area contributed by atoms with Crippen molar-refractivity contribution in [1.29, 1.82) is 0 Å². The Kier molecular flexibility index (Phi) is 4.88. The molecule has 5 rings (SSSR count). The quantitative estimate of drug-likeness (QED) is 0.390. The number of rotatable bonds is 3. The summed E-state index contributed by atoms with van der Waals surface area (Å²) in [5, 5.41) is 27.2. The molecule has 156 valence electrons. The highest BCUT2D eigenvalue weighted by Crippen LogP contribution is 2.57. The van der Waals surface area contributed by atoms with Crippen LogP contribution in [0.25, 0.3) is 0 Å². The van der Waals surface area contributed by atoms with Gasteiger partial charge in [-0.1, -0.05) is 65.7 Å². The second-order valence-corrected chi connectivity index (χ2v) is 9.21. The molecule has 0 radical (unpaired) electrons. The Bertz CT molecular complexity index is 1270. The van der Waals surface area contributed by atoms with E-state index in [9.17, 15) is 10.2 Å². The first-order valence-corrected chi connectivity index (χ1v) is 11.3. The van der Waals surface area contributed by atoms with Crippen LogP contribution in [0.3, 0.4) is 0 Å². The van der Waals surface area contributed by atoms with Gasteiger partial charge in [-0.15, -0.1) is 11.3 Å². The molecule has 1 aromatic heterocycles. The van der Waals surface area contributed by atoms with Gasteiger partial charge >= 0.3 is 0 Å². The molecule has 31 heavy (non-hydrogen) atoms. The minimum Gasteiger partial charge on any atom is -0.497 e. The van der Waals surface area contributed by atoms with Crippen molar-refractivity contribution in [1.82, 2.24) is 0 Å². The second-order valence-electron chi connectivity index (χ2n) is 7.45. The number of hydrogen-bond donors (Lipinski definition) is 2. The molecule has 2 N–H and O–H groups in total. The van der Waals surface area contributed by atoms with Crippen molar-refractivity contribution in [3.05, 3.63) is 121 Å². The van der Waals surface area contributed by atoms with Gasteiger partial charge < -0.3 is 14.9 Å². The van der Waals surface area contributed by atoms with E-state index in [-0.39, 0.29) is 0 Å². The summed E-state index contributed by atoms with van der Waals surface area (Å²) < 4.78 is 5.29. The smallest absolute Gasteiger partial charge is 0.151 e. The molecule has 3 aromatic carbocycles. The number of hydrogen-bond acceptors (Lipinski definition) is 4. The van der Waals surface area contributed by atoms with Gasteiger partial charge in [0.05, 0.1) is 7.11 Å². The summed E-state index contributed by atoms with van der Waals surface area (Å²) in [7, 11) is 1.59. The molecule has 0 unspecified atom stereocenters. The van der Waals surface area contributed by atoms with Gasteiger partial charge in [0.2, 0.25) is 0 Å². The van der Waals surface area contributed by atoms with Gasteiger partial charge in [-0.3, -0.25) is 0 Å². The van der Waals surface area contributed by atoms with E-state index >= 15 is 0 Å². The molecule has 6 heteroatoms. The van der Waals surface area contributed by atoms with Gasteiger partial charge in [0.1, 0.15) is 11.4 Å². The number of thiophene rings is 1. The zero-order valence-electron chi connectivity index (χ0n) is 16.5. The summed E-state index contributed by atoms with van der Waals surface area (Å²) in [6, 6.07) is 21.5. The lowest BCUT2D eigenvalue weighted by atomic mass is 9.65. The first kappa shape index (κ1) is 20.6. The molecule has 0 saturated heterocycles. The van der Waals surface area contributed by atoms with Crippen molar-refractivity contribution >= 4 is 34.5 Å². The van der Waals surface area contributed by atoms with Crippen molar-refractivity contribution < 1.29 is 14.9 Å². The van der Waals surface area contributed by atoms with Crippen LogP contribution in [0.5, 0.6) is 5.75 Å². The highest BCUT2D eigenvalue weighted by molar-refractivity contribution is 7.10. The van der Waals surface area contributed by atoms with Crippen LogP contribution in [0.2, 0.25) is 10.0 Å². The molecule has 0 amide bonds. The predicted octanol–water partition coefficient (Wildman–Crippen LogP) is 5.95. The van der Waals surface area contributed by atoms with Crippen LogP contribution < -0.4 is 4.74 Å². The monoisotopic (exact) mass is 468 g/mol. The Morgan fingerprint density at radius 2 is 1.32 bits per heavy atom. The Hall–Kier alpha value is -2.34. The highest BCUT2D eigenvalue weighted by atomic mass is 35.5. The Labute approximate surface area is 194 Å². The van der Waals surface area contributed by atoms with Crippen molar-refractivity contribution in [2.75, 3.05) is 7.11 Å². The molecule has 1 heterocycles. The highest BCUT2D eigenvalue weighted by Gasteiger charge is 2.53. The average molecular weight is 469 g/mol. The van der Waals surface area contributed by atoms with Crippen molar-refractivity contribution in [3.8, 4) is 5.75 Å². The standard InChI is InChI=1S/C25H18Cl2O3S/c1-30-16-12-10-15(11-13-16)24(28)17-5-2-8-20(27)23(17)25(29,21-9-4-14-31-21)18-6-3-7-19(26)22(18)24/h2-14,28-29H,1H3/t24-,25+/m1/s1. The molecule has 0 fully saturated rings. The normalized spacial score (nSPS) is 22.0. The molecular weight excluding hydrogens is 451 g/mol. The number of aliphatic hydroxyl groups is 2. The Morgan fingerprint density at radius 1 is 0.742 bits per heavy atom. The maximum absolute atomic E-state index is 12.4. The fraction of sp³-hybridized carbons (Fsp3) is 0.120. The Morgan fingerprint density at radius 3 is 1.87 bits per heavy atom. The van der Waals surface area contributed by atoms with Crippen molar-refractivity contribution in [2.45, 2.75) is 11.2 Å². The first-order chi connectivity index (χ1) is 14.9. The number of benzene rings is 3. The molecule has 1 aliphatic rings. The van der Waals surface area contributed by atoms with E-state index in [0.717, 1.165) is 0 Å². The molecule has 1 aliphatic carbocycles. The van der Waals surface area contributed by atoms with Gasteiger partial charge in [0, 0.05) is 37.2 Å². The lowest BCUT2D eigenvalue weighted by Gasteiger charge is -2.45. The van der Waals surface area contributed by atoms with Crippen LogP contribution in [0.4, 0.5) is 0 Å². The van der Waals surface area contributed by atoms with E-state index in [1.54, 1.807) is 67.8 Å². The van der Waals surface area contributed by atoms with Crippen LogP contribution >= 0.6 is 34.5 Å². The van der Waals surface area contributed by atoms with Crippen LogP contribution in [-0.2, 0) is 11.2 Å². The Balaban J connectivity index is 1.93. The van der Waals surface area contributed by atoms with Crippen LogP contribution in [-0.4, -0.2) is 17.3 Å².